The lowest BCUT2D eigenvalue weighted by Gasteiger charge is -2.09. The number of nitro groups is 1. The van der Waals surface area contributed by atoms with Gasteiger partial charge in [0.05, 0.1) is 15.8 Å². The summed E-state index contributed by atoms with van der Waals surface area (Å²) in [6.45, 7) is 4.03. The smallest absolute Gasteiger partial charge is 0.269 e. The molecule has 0 saturated carbocycles. The van der Waals surface area contributed by atoms with Crippen molar-refractivity contribution in [2.75, 3.05) is 0 Å². The molecule has 0 amide bonds. The monoisotopic (exact) mass is 393 g/mol. The molecular formula is C19H15N5O3S. The molecule has 9 heteroatoms. The highest BCUT2D eigenvalue weighted by Crippen LogP contribution is 2.26. The van der Waals surface area contributed by atoms with Crippen molar-refractivity contribution < 1.29 is 4.92 Å². The van der Waals surface area contributed by atoms with E-state index in [1.807, 2.05) is 28.7 Å². The van der Waals surface area contributed by atoms with Crippen LogP contribution in [0.3, 0.4) is 0 Å². The molecule has 140 valence electrons. The van der Waals surface area contributed by atoms with Gasteiger partial charge in [-0.3, -0.25) is 23.9 Å². The zero-order chi connectivity index (χ0) is 19.7. The quantitative estimate of drug-likeness (QED) is 0.216. The van der Waals surface area contributed by atoms with E-state index in [1.54, 1.807) is 24.3 Å². The summed E-state index contributed by atoms with van der Waals surface area (Å²) in [5.41, 5.74) is 1.43. The fraction of sp³-hybridized carbons (Fsp3) is 0.105. The second-order valence-electron chi connectivity index (χ2n) is 6.06. The minimum Gasteiger partial charge on any atom is -0.272 e. The lowest BCUT2D eigenvalue weighted by atomic mass is 10.2. The average molecular weight is 393 g/mol. The van der Waals surface area contributed by atoms with Gasteiger partial charge in [-0.1, -0.05) is 42.1 Å². The van der Waals surface area contributed by atoms with Crippen LogP contribution in [0.25, 0.3) is 16.7 Å². The molecule has 0 saturated heterocycles. The van der Waals surface area contributed by atoms with Gasteiger partial charge in [0.25, 0.3) is 11.2 Å². The van der Waals surface area contributed by atoms with Gasteiger partial charge in [-0.2, -0.15) is 0 Å². The first-order valence-electron chi connectivity index (χ1n) is 8.44. The summed E-state index contributed by atoms with van der Waals surface area (Å²) in [5, 5.41) is 20.6. The highest BCUT2D eigenvalue weighted by Gasteiger charge is 2.16. The van der Waals surface area contributed by atoms with Crippen LogP contribution in [0.15, 0.2) is 71.1 Å². The molecule has 0 radical (unpaired) electrons. The molecule has 0 aliphatic rings. The lowest BCUT2D eigenvalue weighted by Crippen LogP contribution is -2.22. The SMILES string of the molecule is C=CCn1c(=O)c2ccccc2n2c(SCc3cccc([N+](=O)[O-])c3)nnc12. The number of nitro benzene ring substituents is 1. The Kier molecular flexibility index (Phi) is 4.66. The molecular weight excluding hydrogens is 378 g/mol. The summed E-state index contributed by atoms with van der Waals surface area (Å²) in [4.78, 5) is 23.3. The molecule has 0 N–H and O–H groups in total. The molecule has 0 spiro atoms. The first-order valence-corrected chi connectivity index (χ1v) is 9.42. The number of hydrogen-bond donors (Lipinski definition) is 0. The second kappa shape index (κ2) is 7.28. The van der Waals surface area contributed by atoms with Gasteiger partial charge >= 0.3 is 0 Å². The number of para-hydroxylation sites is 1. The van der Waals surface area contributed by atoms with Gasteiger partial charge in [0.1, 0.15) is 0 Å². The normalized spacial score (nSPS) is 11.1. The van der Waals surface area contributed by atoms with E-state index in [0.717, 1.165) is 5.56 Å². The van der Waals surface area contributed by atoms with Crippen molar-refractivity contribution in [2.24, 2.45) is 0 Å². The van der Waals surface area contributed by atoms with Crippen molar-refractivity contribution in [1.29, 1.82) is 0 Å². The van der Waals surface area contributed by atoms with Gasteiger partial charge in [0.15, 0.2) is 5.16 Å². The van der Waals surface area contributed by atoms with Crippen LogP contribution < -0.4 is 5.56 Å². The Morgan fingerprint density at radius 1 is 1.18 bits per heavy atom. The van der Waals surface area contributed by atoms with Crippen LogP contribution >= 0.6 is 11.8 Å². The van der Waals surface area contributed by atoms with Crippen molar-refractivity contribution >= 4 is 34.1 Å². The van der Waals surface area contributed by atoms with E-state index in [1.165, 1.54) is 22.4 Å². The molecule has 0 aliphatic carbocycles. The van der Waals surface area contributed by atoms with Crippen molar-refractivity contribution in [3.8, 4) is 0 Å². The number of allylic oxidation sites excluding steroid dienone is 1. The number of rotatable bonds is 6. The van der Waals surface area contributed by atoms with Crippen LogP contribution in [0, 0.1) is 10.1 Å². The topological polar surface area (TPSA) is 95.3 Å². The highest BCUT2D eigenvalue weighted by atomic mass is 32.2. The van der Waals surface area contributed by atoms with Crippen molar-refractivity contribution in [2.45, 2.75) is 17.5 Å². The first-order chi connectivity index (χ1) is 13.6. The third-order valence-electron chi connectivity index (χ3n) is 4.28. The van der Waals surface area contributed by atoms with Crippen LogP contribution in [0.2, 0.25) is 0 Å². The summed E-state index contributed by atoms with van der Waals surface area (Å²) >= 11 is 1.40. The van der Waals surface area contributed by atoms with Crippen LogP contribution in [-0.2, 0) is 12.3 Å². The van der Waals surface area contributed by atoms with Crippen molar-refractivity contribution in [3.63, 3.8) is 0 Å². The number of thioether (sulfide) groups is 1. The number of non-ortho nitro benzene ring substituents is 1. The summed E-state index contributed by atoms with van der Waals surface area (Å²) < 4.78 is 3.36. The van der Waals surface area contributed by atoms with Gasteiger partial charge in [-0.25, -0.2) is 0 Å². The van der Waals surface area contributed by atoms with E-state index in [4.69, 9.17) is 0 Å². The maximum atomic E-state index is 12.8. The van der Waals surface area contributed by atoms with Crippen LogP contribution in [0.5, 0.6) is 0 Å². The van der Waals surface area contributed by atoms with Crippen LogP contribution in [-0.4, -0.2) is 24.1 Å². The van der Waals surface area contributed by atoms with Gasteiger partial charge in [-0.15, -0.1) is 16.8 Å². The Hall–Kier alpha value is -3.46. The molecule has 8 nitrogen and oxygen atoms in total. The Bertz CT molecular complexity index is 1280. The van der Waals surface area contributed by atoms with Gasteiger partial charge in [-0.05, 0) is 17.7 Å². The van der Waals surface area contributed by atoms with Crippen molar-refractivity contribution in [1.82, 2.24) is 19.2 Å². The molecule has 4 aromatic rings. The molecule has 4 rings (SSSR count). The fourth-order valence-corrected chi connectivity index (χ4v) is 3.91. The summed E-state index contributed by atoms with van der Waals surface area (Å²) in [6.07, 6.45) is 1.64. The third-order valence-corrected chi connectivity index (χ3v) is 5.28. The predicted molar refractivity (Wildman–Crippen MR) is 108 cm³/mol. The molecule has 0 atom stereocenters. The Morgan fingerprint density at radius 2 is 2.00 bits per heavy atom. The van der Waals surface area contributed by atoms with Crippen molar-refractivity contribution in [3.05, 3.63) is 87.2 Å². The molecule has 28 heavy (non-hydrogen) atoms. The zero-order valence-corrected chi connectivity index (χ0v) is 15.5. The fourth-order valence-electron chi connectivity index (χ4n) is 3.03. The van der Waals surface area contributed by atoms with Gasteiger partial charge in [0.2, 0.25) is 5.78 Å². The minimum atomic E-state index is -0.415. The van der Waals surface area contributed by atoms with E-state index in [2.05, 4.69) is 16.8 Å². The van der Waals surface area contributed by atoms with Crippen LogP contribution in [0.4, 0.5) is 5.69 Å². The zero-order valence-electron chi connectivity index (χ0n) is 14.7. The van der Waals surface area contributed by atoms with Gasteiger partial charge in [0, 0.05) is 24.4 Å². The number of nitrogens with zero attached hydrogens (tertiary/aromatic N) is 5. The van der Waals surface area contributed by atoms with E-state index in [9.17, 15) is 14.9 Å². The molecule has 0 aliphatic heterocycles. The summed E-state index contributed by atoms with van der Waals surface area (Å²) in [5.74, 6) is 0.919. The number of benzene rings is 2. The Balaban J connectivity index is 1.80. The molecule has 2 aromatic carbocycles. The van der Waals surface area contributed by atoms with E-state index < -0.39 is 4.92 Å². The highest BCUT2D eigenvalue weighted by molar-refractivity contribution is 7.98. The number of fused-ring (bicyclic) bond motifs is 3. The average Bonchev–Trinajstić information content (AvgIpc) is 3.14. The standard InChI is InChI=1S/C19H15N5O3S/c1-2-10-22-17(25)15-8-3-4-9-16(15)23-18(22)20-21-19(23)28-12-13-6-5-7-14(11-13)24(26)27/h2-9,11H,1,10,12H2. The summed E-state index contributed by atoms with van der Waals surface area (Å²) in [7, 11) is 0. The predicted octanol–water partition coefficient (Wildman–Crippen LogP) is 3.43. The Labute approximate surface area is 163 Å². The third kappa shape index (κ3) is 3.05. The summed E-state index contributed by atoms with van der Waals surface area (Å²) in [6, 6.07) is 13.8. The molecule has 2 aromatic heterocycles. The lowest BCUT2D eigenvalue weighted by molar-refractivity contribution is -0.384. The molecule has 0 unspecified atom stereocenters. The largest absolute Gasteiger partial charge is 0.272 e. The first kappa shape index (κ1) is 17.9. The van der Waals surface area contributed by atoms with E-state index in [-0.39, 0.29) is 11.2 Å². The maximum Gasteiger partial charge on any atom is 0.269 e. The van der Waals surface area contributed by atoms with E-state index in [0.29, 0.717) is 34.1 Å². The molecule has 2 heterocycles. The second-order valence-corrected chi connectivity index (χ2v) is 7.00. The minimum absolute atomic E-state index is 0.0504. The Morgan fingerprint density at radius 3 is 2.79 bits per heavy atom. The molecule has 0 bridgehead atoms. The van der Waals surface area contributed by atoms with E-state index >= 15 is 0 Å². The van der Waals surface area contributed by atoms with Crippen LogP contribution in [0.1, 0.15) is 5.56 Å². The maximum absolute atomic E-state index is 12.8. The number of hydrogen-bond acceptors (Lipinski definition) is 6. The molecule has 0 fully saturated rings. The number of aromatic nitrogens is 4. The van der Waals surface area contributed by atoms with Gasteiger partial charge < -0.3 is 0 Å².